The molecule has 0 fully saturated rings. The Morgan fingerprint density at radius 2 is 2.06 bits per heavy atom. The van der Waals surface area contributed by atoms with Crippen LogP contribution in [0.3, 0.4) is 0 Å². The molecule has 102 valence electrons. The lowest BCUT2D eigenvalue weighted by molar-refractivity contribution is 0.475. The molecule has 1 atom stereocenters. The van der Waals surface area contributed by atoms with E-state index in [4.69, 9.17) is 0 Å². The largest absolute Gasteiger partial charge is 0.373 e. The molecule has 1 aromatic rings. The third-order valence-electron chi connectivity index (χ3n) is 3.06. The molecular formula is C15H25FN2. The van der Waals surface area contributed by atoms with Gasteiger partial charge < -0.3 is 10.2 Å². The first-order chi connectivity index (χ1) is 8.67. The van der Waals surface area contributed by atoms with Crippen molar-refractivity contribution in [2.24, 2.45) is 0 Å². The lowest BCUT2D eigenvalue weighted by atomic mass is 10.1. The highest BCUT2D eigenvalue weighted by atomic mass is 19.1. The second-order valence-electron chi connectivity index (χ2n) is 4.80. The number of halogens is 1. The molecule has 18 heavy (non-hydrogen) atoms. The van der Waals surface area contributed by atoms with Gasteiger partial charge in [0.05, 0.1) is 0 Å². The fourth-order valence-corrected chi connectivity index (χ4v) is 2.10. The first kappa shape index (κ1) is 15.0. The van der Waals surface area contributed by atoms with E-state index in [0.717, 1.165) is 31.6 Å². The van der Waals surface area contributed by atoms with E-state index in [2.05, 4.69) is 24.1 Å². The molecule has 0 heterocycles. The van der Waals surface area contributed by atoms with Gasteiger partial charge in [-0.05, 0) is 37.6 Å². The monoisotopic (exact) mass is 252 g/mol. The van der Waals surface area contributed by atoms with Crippen molar-refractivity contribution in [2.45, 2.75) is 39.2 Å². The van der Waals surface area contributed by atoms with Crippen molar-refractivity contribution in [3.8, 4) is 0 Å². The van der Waals surface area contributed by atoms with Gasteiger partial charge in [0.25, 0.3) is 0 Å². The van der Waals surface area contributed by atoms with Gasteiger partial charge in [-0.2, -0.15) is 0 Å². The maximum absolute atomic E-state index is 13.2. The van der Waals surface area contributed by atoms with Crippen LogP contribution in [0.1, 0.15) is 33.1 Å². The van der Waals surface area contributed by atoms with Gasteiger partial charge in [-0.25, -0.2) is 4.39 Å². The number of likely N-dealkylation sites (N-methyl/N-ethyl adjacent to an activating group) is 1. The summed E-state index contributed by atoms with van der Waals surface area (Å²) in [6.07, 6.45) is 3.46. The predicted molar refractivity (Wildman–Crippen MR) is 76.7 cm³/mol. The molecule has 0 saturated carbocycles. The number of anilines is 1. The van der Waals surface area contributed by atoms with E-state index in [1.165, 1.54) is 12.5 Å². The van der Waals surface area contributed by atoms with Gasteiger partial charge in [0.2, 0.25) is 0 Å². The van der Waals surface area contributed by atoms with Gasteiger partial charge in [-0.1, -0.05) is 26.3 Å². The molecule has 0 aromatic heterocycles. The van der Waals surface area contributed by atoms with Gasteiger partial charge in [0.15, 0.2) is 0 Å². The average molecular weight is 252 g/mol. The molecule has 0 amide bonds. The van der Waals surface area contributed by atoms with E-state index in [-0.39, 0.29) is 5.82 Å². The maximum Gasteiger partial charge on any atom is 0.125 e. The summed E-state index contributed by atoms with van der Waals surface area (Å²) in [7, 11) is 2.02. The van der Waals surface area contributed by atoms with Crippen LogP contribution in [0.15, 0.2) is 24.3 Å². The second kappa shape index (κ2) is 8.09. The quantitative estimate of drug-likeness (QED) is 0.762. The van der Waals surface area contributed by atoms with Crippen molar-refractivity contribution in [1.82, 2.24) is 5.32 Å². The molecule has 1 unspecified atom stereocenters. The number of nitrogens with one attached hydrogen (secondary N) is 1. The van der Waals surface area contributed by atoms with E-state index in [1.54, 1.807) is 12.1 Å². The van der Waals surface area contributed by atoms with Crippen LogP contribution in [0.5, 0.6) is 0 Å². The van der Waals surface area contributed by atoms with E-state index in [1.807, 2.05) is 13.1 Å². The topological polar surface area (TPSA) is 15.3 Å². The molecule has 0 aliphatic carbocycles. The number of hydrogen-bond donors (Lipinski definition) is 1. The zero-order chi connectivity index (χ0) is 13.4. The van der Waals surface area contributed by atoms with Gasteiger partial charge in [0.1, 0.15) is 5.82 Å². The van der Waals surface area contributed by atoms with Crippen LogP contribution >= 0.6 is 0 Å². The van der Waals surface area contributed by atoms with Crippen molar-refractivity contribution < 1.29 is 4.39 Å². The molecule has 0 aliphatic rings. The Morgan fingerprint density at radius 1 is 1.28 bits per heavy atom. The third kappa shape index (κ3) is 5.05. The van der Waals surface area contributed by atoms with Gasteiger partial charge in [-0.15, -0.1) is 0 Å². The van der Waals surface area contributed by atoms with Gasteiger partial charge >= 0.3 is 0 Å². The van der Waals surface area contributed by atoms with Crippen LogP contribution in [-0.2, 0) is 0 Å². The minimum atomic E-state index is -0.173. The lowest BCUT2D eigenvalue weighted by Gasteiger charge is -2.26. The first-order valence-corrected chi connectivity index (χ1v) is 6.87. The highest BCUT2D eigenvalue weighted by molar-refractivity contribution is 5.45. The number of rotatable bonds is 8. The number of hydrogen-bond acceptors (Lipinski definition) is 2. The second-order valence-corrected chi connectivity index (χ2v) is 4.80. The van der Waals surface area contributed by atoms with Gasteiger partial charge in [-0.3, -0.25) is 0 Å². The predicted octanol–water partition coefficient (Wildman–Crippen LogP) is 3.43. The molecular weight excluding hydrogens is 227 g/mol. The molecule has 1 aromatic carbocycles. The highest BCUT2D eigenvalue weighted by Crippen LogP contribution is 2.14. The van der Waals surface area contributed by atoms with Crippen LogP contribution < -0.4 is 10.2 Å². The summed E-state index contributed by atoms with van der Waals surface area (Å²) in [6, 6.07) is 7.25. The zero-order valence-corrected chi connectivity index (χ0v) is 11.7. The summed E-state index contributed by atoms with van der Waals surface area (Å²) < 4.78 is 13.2. The molecule has 0 radical (unpaired) electrons. The number of benzene rings is 1. The normalized spacial score (nSPS) is 12.4. The van der Waals surface area contributed by atoms with Crippen LogP contribution in [-0.4, -0.2) is 26.2 Å². The molecule has 1 N–H and O–H groups in total. The Balaban J connectivity index is 2.56. The third-order valence-corrected chi connectivity index (χ3v) is 3.06. The molecule has 0 saturated heterocycles. The molecule has 0 spiro atoms. The Bertz CT molecular complexity index is 341. The Labute approximate surface area is 110 Å². The highest BCUT2D eigenvalue weighted by Gasteiger charge is 2.10. The van der Waals surface area contributed by atoms with Crippen molar-refractivity contribution >= 4 is 5.69 Å². The van der Waals surface area contributed by atoms with Crippen molar-refractivity contribution in [3.05, 3.63) is 30.1 Å². The standard InChI is InChI=1S/C15H25FN2/c1-4-7-14(17-10-5-2)12-18(3)15-9-6-8-13(16)11-15/h6,8-9,11,14,17H,4-5,7,10,12H2,1-3H3. The van der Waals surface area contributed by atoms with Crippen molar-refractivity contribution in [2.75, 3.05) is 25.0 Å². The van der Waals surface area contributed by atoms with Crippen LogP contribution in [0.2, 0.25) is 0 Å². The summed E-state index contributed by atoms with van der Waals surface area (Å²) in [6.45, 7) is 6.33. The molecule has 2 nitrogen and oxygen atoms in total. The molecule has 0 bridgehead atoms. The summed E-state index contributed by atoms with van der Waals surface area (Å²) in [5.41, 5.74) is 0.939. The summed E-state index contributed by atoms with van der Waals surface area (Å²) in [5, 5.41) is 3.55. The summed E-state index contributed by atoms with van der Waals surface area (Å²) >= 11 is 0. The summed E-state index contributed by atoms with van der Waals surface area (Å²) in [4.78, 5) is 2.12. The average Bonchev–Trinajstić information content (AvgIpc) is 2.36. The molecule has 3 heteroatoms. The Morgan fingerprint density at radius 3 is 2.67 bits per heavy atom. The first-order valence-electron chi connectivity index (χ1n) is 6.87. The van der Waals surface area contributed by atoms with E-state index < -0.39 is 0 Å². The van der Waals surface area contributed by atoms with Crippen molar-refractivity contribution in [3.63, 3.8) is 0 Å². The minimum absolute atomic E-state index is 0.173. The summed E-state index contributed by atoms with van der Waals surface area (Å²) in [5.74, 6) is -0.173. The van der Waals surface area contributed by atoms with Gasteiger partial charge in [0, 0.05) is 25.3 Å². The van der Waals surface area contributed by atoms with E-state index >= 15 is 0 Å². The van der Waals surface area contributed by atoms with Crippen LogP contribution in [0.4, 0.5) is 10.1 Å². The number of nitrogens with zero attached hydrogens (tertiary/aromatic N) is 1. The lowest BCUT2D eigenvalue weighted by Crippen LogP contribution is -2.40. The van der Waals surface area contributed by atoms with E-state index in [0.29, 0.717) is 6.04 Å². The zero-order valence-electron chi connectivity index (χ0n) is 11.7. The fourth-order valence-electron chi connectivity index (χ4n) is 2.10. The van der Waals surface area contributed by atoms with Crippen LogP contribution in [0.25, 0.3) is 0 Å². The smallest absolute Gasteiger partial charge is 0.125 e. The molecule has 1 rings (SSSR count). The Hall–Kier alpha value is -1.09. The molecule has 0 aliphatic heterocycles. The minimum Gasteiger partial charge on any atom is -0.373 e. The van der Waals surface area contributed by atoms with Crippen molar-refractivity contribution in [1.29, 1.82) is 0 Å². The van der Waals surface area contributed by atoms with Crippen LogP contribution in [0, 0.1) is 5.82 Å². The Kier molecular flexibility index (Phi) is 6.73. The maximum atomic E-state index is 13.2. The SMILES string of the molecule is CCCNC(CCC)CN(C)c1cccc(F)c1. The van der Waals surface area contributed by atoms with E-state index in [9.17, 15) is 4.39 Å². The fraction of sp³-hybridized carbons (Fsp3) is 0.600.